The molecule has 0 saturated carbocycles. The van der Waals surface area contributed by atoms with Crippen LogP contribution in [-0.4, -0.2) is 29.4 Å². The molecule has 6 heteroatoms. The minimum absolute atomic E-state index is 0.0619. The second kappa shape index (κ2) is 7.28. The van der Waals surface area contributed by atoms with Crippen molar-refractivity contribution < 1.29 is 9.53 Å². The maximum Gasteiger partial charge on any atom is 0.245 e. The first-order chi connectivity index (χ1) is 11.7. The number of carbonyl (C=O) groups excluding carboxylic acids is 1. The van der Waals surface area contributed by atoms with Crippen molar-refractivity contribution in [1.29, 1.82) is 5.26 Å². The summed E-state index contributed by atoms with van der Waals surface area (Å²) in [7, 11) is 0. The molecule has 1 amide bonds. The lowest BCUT2D eigenvalue weighted by Gasteiger charge is -2.11. The highest BCUT2D eigenvalue weighted by Crippen LogP contribution is 2.21. The van der Waals surface area contributed by atoms with Crippen molar-refractivity contribution in [3.8, 4) is 6.07 Å². The third-order valence-electron chi connectivity index (χ3n) is 4.38. The fraction of sp³-hybridized carbons (Fsp3) is 0.389. The number of rotatable bonds is 5. The molecule has 1 aliphatic heterocycles. The van der Waals surface area contributed by atoms with E-state index in [1.807, 2.05) is 42.0 Å². The first kappa shape index (κ1) is 16.2. The number of hydrogen-bond acceptors (Lipinski definition) is 4. The molecule has 1 fully saturated rings. The number of hydrogen-bond donors (Lipinski definition) is 1. The third-order valence-corrected chi connectivity index (χ3v) is 4.38. The molecular formula is C18H20N4O2. The molecule has 2 aromatic rings. The lowest BCUT2D eigenvalue weighted by molar-refractivity contribution is -0.126. The SMILES string of the molecule is CC1OCCC1C(=O)N/N=C/c1cn(CCC#N)c2ccccc12. The maximum absolute atomic E-state index is 12.1. The normalized spacial score (nSPS) is 20.5. The number of carbonyl (C=O) groups is 1. The maximum atomic E-state index is 12.1. The van der Waals surface area contributed by atoms with E-state index < -0.39 is 0 Å². The minimum atomic E-state index is -0.140. The van der Waals surface area contributed by atoms with Crippen molar-refractivity contribution >= 4 is 23.0 Å². The molecule has 1 N–H and O–H groups in total. The van der Waals surface area contributed by atoms with Crippen LogP contribution in [0.1, 0.15) is 25.3 Å². The fourth-order valence-corrected chi connectivity index (χ4v) is 3.06. The summed E-state index contributed by atoms with van der Waals surface area (Å²) in [6, 6.07) is 10.1. The van der Waals surface area contributed by atoms with E-state index >= 15 is 0 Å². The van der Waals surface area contributed by atoms with Crippen molar-refractivity contribution in [2.24, 2.45) is 11.0 Å². The van der Waals surface area contributed by atoms with Crippen molar-refractivity contribution in [2.45, 2.75) is 32.4 Å². The Morgan fingerprint density at radius 1 is 1.54 bits per heavy atom. The van der Waals surface area contributed by atoms with Crippen LogP contribution in [0, 0.1) is 17.2 Å². The second-order valence-corrected chi connectivity index (χ2v) is 5.91. The van der Waals surface area contributed by atoms with Crippen LogP contribution in [0.5, 0.6) is 0 Å². The van der Waals surface area contributed by atoms with E-state index in [-0.39, 0.29) is 17.9 Å². The van der Waals surface area contributed by atoms with E-state index in [1.165, 1.54) is 0 Å². The summed E-state index contributed by atoms with van der Waals surface area (Å²) < 4.78 is 7.44. The zero-order valence-corrected chi connectivity index (χ0v) is 13.6. The van der Waals surface area contributed by atoms with Gasteiger partial charge in [0.05, 0.1) is 30.7 Å². The topological polar surface area (TPSA) is 79.4 Å². The quantitative estimate of drug-likeness (QED) is 0.677. The number of fused-ring (bicyclic) bond motifs is 1. The van der Waals surface area contributed by atoms with Crippen molar-refractivity contribution in [3.05, 3.63) is 36.0 Å². The Labute approximate surface area is 140 Å². The van der Waals surface area contributed by atoms with E-state index in [0.29, 0.717) is 19.6 Å². The van der Waals surface area contributed by atoms with Gasteiger partial charge in [0.1, 0.15) is 0 Å². The Morgan fingerprint density at radius 3 is 3.12 bits per heavy atom. The number of ether oxygens (including phenoxy) is 1. The summed E-state index contributed by atoms with van der Waals surface area (Å²) >= 11 is 0. The fourth-order valence-electron chi connectivity index (χ4n) is 3.06. The molecule has 0 radical (unpaired) electrons. The lowest BCUT2D eigenvalue weighted by atomic mass is 10.0. The number of aryl methyl sites for hydroxylation is 1. The van der Waals surface area contributed by atoms with E-state index in [2.05, 4.69) is 16.6 Å². The molecule has 0 bridgehead atoms. The molecular weight excluding hydrogens is 304 g/mol. The van der Waals surface area contributed by atoms with Gasteiger partial charge in [-0.15, -0.1) is 0 Å². The van der Waals surface area contributed by atoms with Crippen LogP contribution in [0.25, 0.3) is 10.9 Å². The van der Waals surface area contributed by atoms with Crippen LogP contribution in [0.4, 0.5) is 0 Å². The van der Waals surface area contributed by atoms with E-state index in [9.17, 15) is 4.79 Å². The Balaban J connectivity index is 1.75. The molecule has 124 valence electrons. The van der Waals surface area contributed by atoms with Gasteiger partial charge < -0.3 is 9.30 Å². The number of benzene rings is 1. The highest BCUT2D eigenvalue weighted by molar-refractivity contribution is 5.99. The summed E-state index contributed by atoms with van der Waals surface area (Å²) in [6.45, 7) is 3.16. The number of nitriles is 1. The smallest absolute Gasteiger partial charge is 0.245 e. The number of nitrogens with one attached hydrogen (secondary N) is 1. The predicted octanol–water partition coefficient (Wildman–Crippen LogP) is 2.43. The standard InChI is InChI=1S/C18H20N4O2/c1-13-15(7-10-24-13)18(23)21-20-11-14-12-22(9-4-8-19)17-6-3-2-5-16(14)17/h2-3,5-6,11-13,15H,4,7,9-10H2,1H3,(H,21,23)/b20-11+. The van der Waals surface area contributed by atoms with Gasteiger partial charge in [0.2, 0.25) is 5.91 Å². The monoisotopic (exact) mass is 324 g/mol. The zero-order valence-electron chi connectivity index (χ0n) is 13.6. The first-order valence-corrected chi connectivity index (χ1v) is 8.10. The summed E-state index contributed by atoms with van der Waals surface area (Å²) in [6.07, 6.45) is 4.73. The highest BCUT2D eigenvalue weighted by Gasteiger charge is 2.30. The van der Waals surface area contributed by atoms with Gasteiger partial charge in [-0.2, -0.15) is 10.4 Å². The Kier molecular flexibility index (Phi) is 4.92. The van der Waals surface area contributed by atoms with Crippen LogP contribution >= 0.6 is 0 Å². The van der Waals surface area contributed by atoms with Gasteiger partial charge in [0.15, 0.2) is 0 Å². The molecule has 0 spiro atoms. The lowest BCUT2D eigenvalue weighted by Crippen LogP contribution is -2.31. The van der Waals surface area contributed by atoms with Crippen molar-refractivity contribution in [1.82, 2.24) is 9.99 Å². The molecule has 2 atom stereocenters. The predicted molar refractivity (Wildman–Crippen MR) is 91.4 cm³/mol. The first-order valence-electron chi connectivity index (χ1n) is 8.10. The summed E-state index contributed by atoms with van der Waals surface area (Å²) in [5.41, 5.74) is 4.58. The average Bonchev–Trinajstić information content (AvgIpc) is 3.17. The van der Waals surface area contributed by atoms with Gasteiger partial charge >= 0.3 is 0 Å². The molecule has 1 aromatic heterocycles. The van der Waals surface area contributed by atoms with Gasteiger partial charge in [0, 0.05) is 35.8 Å². The molecule has 2 heterocycles. The second-order valence-electron chi connectivity index (χ2n) is 5.91. The molecule has 2 unspecified atom stereocenters. The number of hydrazone groups is 1. The van der Waals surface area contributed by atoms with Gasteiger partial charge in [-0.3, -0.25) is 4.79 Å². The van der Waals surface area contributed by atoms with Crippen LogP contribution in [0.15, 0.2) is 35.6 Å². The third kappa shape index (κ3) is 3.31. The van der Waals surface area contributed by atoms with Gasteiger partial charge in [-0.25, -0.2) is 5.43 Å². The van der Waals surface area contributed by atoms with E-state index in [0.717, 1.165) is 22.9 Å². The highest BCUT2D eigenvalue weighted by atomic mass is 16.5. The van der Waals surface area contributed by atoms with Crippen molar-refractivity contribution in [3.63, 3.8) is 0 Å². The molecule has 0 aliphatic carbocycles. The van der Waals surface area contributed by atoms with Crippen LogP contribution in [0.2, 0.25) is 0 Å². The largest absolute Gasteiger partial charge is 0.378 e. The zero-order chi connectivity index (χ0) is 16.9. The van der Waals surface area contributed by atoms with Crippen LogP contribution < -0.4 is 5.43 Å². The van der Waals surface area contributed by atoms with Gasteiger partial charge in [0.25, 0.3) is 0 Å². The summed E-state index contributed by atoms with van der Waals surface area (Å²) in [5.74, 6) is -0.247. The van der Waals surface area contributed by atoms with Gasteiger partial charge in [-0.1, -0.05) is 18.2 Å². The van der Waals surface area contributed by atoms with E-state index in [4.69, 9.17) is 10.00 Å². The molecule has 3 rings (SSSR count). The van der Waals surface area contributed by atoms with Crippen molar-refractivity contribution in [2.75, 3.05) is 6.61 Å². The Bertz CT molecular complexity index is 803. The number of nitrogens with zero attached hydrogens (tertiary/aromatic N) is 3. The molecule has 1 saturated heterocycles. The molecule has 6 nitrogen and oxygen atoms in total. The number of aromatic nitrogens is 1. The number of para-hydroxylation sites is 1. The van der Waals surface area contributed by atoms with Crippen LogP contribution in [-0.2, 0) is 16.1 Å². The Hall–Kier alpha value is -2.65. The number of amides is 1. The molecule has 24 heavy (non-hydrogen) atoms. The Morgan fingerprint density at radius 2 is 2.38 bits per heavy atom. The summed E-state index contributed by atoms with van der Waals surface area (Å²) in [5, 5.41) is 13.9. The minimum Gasteiger partial charge on any atom is -0.378 e. The average molecular weight is 324 g/mol. The van der Waals surface area contributed by atoms with Crippen LogP contribution in [0.3, 0.4) is 0 Å². The van der Waals surface area contributed by atoms with E-state index in [1.54, 1.807) is 6.21 Å². The molecule has 1 aliphatic rings. The van der Waals surface area contributed by atoms with Gasteiger partial charge in [-0.05, 0) is 19.4 Å². The molecule has 1 aromatic carbocycles. The summed E-state index contributed by atoms with van der Waals surface area (Å²) in [4.78, 5) is 12.1.